The maximum atomic E-state index is 12.4. The van der Waals surface area contributed by atoms with E-state index in [9.17, 15) is 61.0 Å². The molecular weight excluding hydrogens is 987 g/mol. The SMILES string of the molecule is CCCCCCCCCCCCCCCCCCCCCCCCCCC/C=C/CC/C=C/C(O)C(COC1OC(CO)C(OC2OC(CO)C(OC3OC(CO)C(O)C(O)C3O)C(O)C2O)C(O)C1O)NC(=O)CC. The van der Waals surface area contributed by atoms with Gasteiger partial charge in [0, 0.05) is 6.42 Å². The van der Waals surface area contributed by atoms with Crippen molar-refractivity contribution in [3.05, 3.63) is 24.3 Å². The molecule has 3 aliphatic heterocycles. The van der Waals surface area contributed by atoms with E-state index in [0.717, 1.165) is 19.3 Å². The number of allylic oxidation sites excluding steroid dienone is 3. The highest BCUT2D eigenvalue weighted by Gasteiger charge is 2.53. The number of amides is 1. The molecule has 0 saturated carbocycles. The van der Waals surface area contributed by atoms with Crippen LogP contribution in [0.1, 0.15) is 200 Å². The maximum Gasteiger partial charge on any atom is 0.220 e. The minimum absolute atomic E-state index is 0.117. The van der Waals surface area contributed by atoms with Gasteiger partial charge in [-0.15, -0.1) is 0 Å². The van der Waals surface area contributed by atoms with Crippen molar-refractivity contribution in [3.63, 3.8) is 0 Å². The number of hydrogen-bond acceptors (Lipinski definition) is 18. The van der Waals surface area contributed by atoms with Gasteiger partial charge in [0.05, 0.1) is 38.6 Å². The van der Waals surface area contributed by atoms with Crippen LogP contribution in [0.15, 0.2) is 24.3 Å². The first-order valence-corrected chi connectivity index (χ1v) is 29.6. The molecule has 1 amide bonds. The number of unbranched alkanes of at least 4 members (excludes halogenated alkanes) is 26. The van der Waals surface area contributed by atoms with Crippen molar-refractivity contribution >= 4 is 5.91 Å². The van der Waals surface area contributed by atoms with Crippen molar-refractivity contribution < 1.29 is 89.4 Å². The smallest absolute Gasteiger partial charge is 0.220 e. The van der Waals surface area contributed by atoms with Crippen molar-refractivity contribution in [3.8, 4) is 0 Å². The minimum atomic E-state index is -1.98. The van der Waals surface area contributed by atoms with Gasteiger partial charge < -0.3 is 89.9 Å². The van der Waals surface area contributed by atoms with Gasteiger partial charge in [0.2, 0.25) is 5.91 Å². The lowest BCUT2D eigenvalue weighted by molar-refractivity contribution is -0.379. The molecule has 0 spiro atoms. The van der Waals surface area contributed by atoms with E-state index in [4.69, 9.17) is 28.4 Å². The molecule has 19 nitrogen and oxygen atoms in total. The molecule has 0 aliphatic carbocycles. The van der Waals surface area contributed by atoms with Crippen LogP contribution in [0.25, 0.3) is 0 Å². The molecule has 17 atom stereocenters. The first kappa shape index (κ1) is 68.5. The van der Waals surface area contributed by atoms with Crippen LogP contribution in [0.3, 0.4) is 0 Å². The Morgan fingerprint density at radius 3 is 1.26 bits per heavy atom. The highest BCUT2D eigenvalue weighted by atomic mass is 16.8. The molecule has 0 radical (unpaired) electrons. The third-order valence-corrected chi connectivity index (χ3v) is 15.1. The van der Waals surface area contributed by atoms with Crippen molar-refractivity contribution in [2.45, 2.75) is 304 Å². The topological polar surface area (TPSA) is 307 Å². The summed E-state index contributed by atoms with van der Waals surface area (Å²) < 4.78 is 33.8. The van der Waals surface area contributed by atoms with Crippen LogP contribution in [0.4, 0.5) is 0 Å². The van der Waals surface area contributed by atoms with Gasteiger partial charge in [-0.2, -0.15) is 0 Å². The molecule has 17 unspecified atom stereocenters. The van der Waals surface area contributed by atoms with Crippen LogP contribution in [-0.2, 0) is 33.2 Å². The molecule has 3 saturated heterocycles. The number of aliphatic hydroxyl groups is 11. The molecule has 12 N–H and O–H groups in total. The highest BCUT2D eigenvalue weighted by Crippen LogP contribution is 2.33. The van der Waals surface area contributed by atoms with E-state index in [0.29, 0.717) is 6.42 Å². The molecule has 76 heavy (non-hydrogen) atoms. The molecule has 3 fully saturated rings. The second-order valence-corrected chi connectivity index (χ2v) is 21.4. The molecule has 3 heterocycles. The van der Waals surface area contributed by atoms with Gasteiger partial charge in [0.1, 0.15) is 73.2 Å². The lowest BCUT2D eigenvalue weighted by Gasteiger charge is -2.48. The van der Waals surface area contributed by atoms with Crippen molar-refractivity contribution in [1.29, 1.82) is 0 Å². The van der Waals surface area contributed by atoms with Gasteiger partial charge in [0.15, 0.2) is 18.9 Å². The van der Waals surface area contributed by atoms with E-state index in [1.165, 1.54) is 154 Å². The lowest BCUT2D eigenvalue weighted by Crippen LogP contribution is -2.66. The quantitative estimate of drug-likeness (QED) is 0.0289. The monoisotopic (exact) mass is 1090 g/mol. The normalized spacial score (nSPS) is 31.1. The highest BCUT2D eigenvalue weighted by molar-refractivity contribution is 5.75. The minimum Gasteiger partial charge on any atom is -0.394 e. The summed E-state index contributed by atoms with van der Waals surface area (Å²) in [6.45, 7) is 1.13. The van der Waals surface area contributed by atoms with Gasteiger partial charge in [-0.25, -0.2) is 0 Å². The number of carbonyl (C=O) groups excluding carboxylic acids is 1. The lowest BCUT2D eigenvalue weighted by atomic mass is 9.96. The summed E-state index contributed by atoms with van der Waals surface area (Å²) in [7, 11) is 0. The standard InChI is InChI=1S/C57H105NO18/c1-3-5-6-7-8-9-10-11-12-13-14-15-16-17-18-19-20-21-22-23-24-25-26-27-28-29-30-31-32-33-34-35-41(62)40(58-45(63)4-2)39-71-55-51(69)48(66)53(43(37-60)73-55)76-57-52(70)49(67)54(44(38-61)74-57)75-56-50(68)47(65)46(64)42(36-59)72-56/h30-31,34-35,40-44,46-57,59-62,64-70H,3-29,32-33,36-39H2,1-2H3,(H,58,63)/b31-30+,35-34+. The summed E-state index contributed by atoms with van der Waals surface area (Å²) in [6, 6.07) is -0.983. The zero-order chi connectivity index (χ0) is 55.5. The Hall–Kier alpha value is -1.73. The second-order valence-electron chi connectivity index (χ2n) is 21.4. The van der Waals surface area contributed by atoms with Crippen molar-refractivity contribution in [2.24, 2.45) is 0 Å². The third-order valence-electron chi connectivity index (χ3n) is 15.1. The van der Waals surface area contributed by atoms with Gasteiger partial charge in [-0.3, -0.25) is 4.79 Å². The van der Waals surface area contributed by atoms with E-state index < -0.39 is 124 Å². The predicted molar refractivity (Wildman–Crippen MR) is 286 cm³/mol. The fourth-order valence-corrected chi connectivity index (χ4v) is 10.1. The maximum absolute atomic E-state index is 12.4. The number of carbonyl (C=O) groups is 1. The van der Waals surface area contributed by atoms with E-state index in [-0.39, 0.29) is 18.9 Å². The average molecular weight is 1090 g/mol. The molecule has 0 bridgehead atoms. The molecule has 0 aromatic rings. The van der Waals surface area contributed by atoms with Crippen molar-refractivity contribution in [1.82, 2.24) is 5.32 Å². The Morgan fingerprint density at radius 1 is 0.461 bits per heavy atom. The van der Waals surface area contributed by atoms with E-state index >= 15 is 0 Å². The van der Waals surface area contributed by atoms with E-state index in [2.05, 4.69) is 24.4 Å². The van der Waals surface area contributed by atoms with Gasteiger partial charge in [-0.05, 0) is 25.7 Å². The molecule has 3 aliphatic rings. The van der Waals surface area contributed by atoms with Crippen LogP contribution >= 0.6 is 0 Å². The number of rotatable bonds is 43. The molecule has 19 heteroatoms. The number of hydrogen-bond donors (Lipinski definition) is 12. The zero-order valence-corrected chi connectivity index (χ0v) is 46.2. The van der Waals surface area contributed by atoms with Gasteiger partial charge >= 0.3 is 0 Å². The number of nitrogens with one attached hydrogen (secondary N) is 1. The molecule has 0 aromatic heterocycles. The van der Waals surface area contributed by atoms with E-state index in [1.54, 1.807) is 13.0 Å². The fourth-order valence-electron chi connectivity index (χ4n) is 10.1. The van der Waals surface area contributed by atoms with E-state index in [1.807, 2.05) is 6.08 Å². The molecule has 3 rings (SSSR count). The summed E-state index contributed by atoms with van der Waals surface area (Å²) in [6.07, 6.45) is 17.9. The Labute approximate surface area is 454 Å². The Kier molecular flexibility index (Phi) is 37.2. The summed E-state index contributed by atoms with van der Waals surface area (Å²) >= 11 is 0. The van der Waals surface area contributed by atoms with Crippen LogP contribution in [0.5, 0.6) is 0 Å². The van der Waals surface area contributed by atoms with Gasteiger partial charge in [-0.1, -0.05) is 192 Å². The fraction of sp³-hybridized carbons (Fsp3) is 0.912. The van der Waals surface area contributed by atoms with Crippen LogP contribution in [0, 0.1) is 0 Å². The predicted octanol–water partition coefficient (Wildman–Crippen LogP) is 4.76. The average Bonchev–Trinajstić information content (AvgIpc) is 3.42. The first-order valence-electron chi connectivity index (χ1n) is 29.6. The van der Waals surface area contributed by atoms with Crippen LogP contribution in [0.2, 0.25) is 0 Å². The Morgan fingerprint density at radius 2 is 0.829 bits per heavy atom. The summed E-state index contributed by atoms with van der Waals surface area (Å²) in [5.41, 5.74) is 0. The van der Waals surface area contributed by atoms with Crippen LogP contribution < -0.4 is 5.32 Å². The number of aliphatic hydroxyl groups excluding tert-OH is 11. The zero-order valence-electron chi connectivity index (χ0n) is 46.2. The van der Waals surface area contributed by atoms with Crippen LogP contribution in [-0.4, -0.2) is 193 Å². The summed E-state index contributed by atoms with van der Waals surface area (Å²) in [4.78, 5) is 12.4. The van der Waals surface area contributed by atoms with Crippen molar-refractivity contribution in [2.75, 3.05) is 26.4 Å². The number of ether oxygens (including phenoxy) is 6. The Bertz CT molecular complexity index is 1490. The third kappa shape index (κ3) is 25.4. The molecular formula is C57H105NO18. The molecule has 0 aromatic carbocycles. The second kappa shape index (κ2) is 41.3. The largest absolute Gasteiger partial charge is 0.394 e. The molecule has 446 valence electrons. The summed E-state index contributed by atoms with van der Waals surface area (Å²) in [5.74, 6) is -0.373. The Balaban J connectivity index is 1.27. The van der Waals surface area contributed by atoms with Gasteiger partial charge in [0.25, 0.3) is 0 Å². The summed E-state index contributed by atoms with van der Waals surface area (Å²) in [5, 5.41) is 119. The first-order chi connectivity index (χ1) is 36.8.